The standard InChI is InChI=1S/C17H24N4O3/c18-14-5-3-4-13(12-14)17(22)20-10-8-19(9-11-20)15-6-1-2-7-16(15)21(23)24/h1-2,6-7,13-14H,3-5,8-12,18H2. The third kappa shape index (κ3) is 3.51. The minimum Gasteiger partial charge on any atom is -0.362 e. The largest absolute Gasteiger partial charge is 0.362 e. The Morgan fingerprint density at radius 2 is 1.88 bits per heavy atom. The molecule has 24 heavy (non-hydrogen) atoms. The molecule has 2 fully saturated rings. The van der Waals surface area contributed by atoms with Crippen LogP contribution in [0.25, 0.3) is 0 Å². The highest BCUT2D eigenvalue weighted by atomic mass is 16.6. The molecule has 2 unspecified atom stereocenters. The van der Waals surface area contributed by atoms with Gasteiger partial charge in [-0.3, -0.25) is 14.9 Å². The molecule has 0 aromatic heterocycles. The van der Waals surface area contributed by atoms with Crippen molar-refractivity contribution in [2.75, 3.05) is 31.1 Å². The van der Waals surface area contributed by atoms with Crippen molar-refractivity contribution in [1.82, 2.24) is 4.90 Å². The van der Waals surface area contributed by atoms with Gasteiger partial charge in [0.05, 0.1) is 4.92 Å². The average molecular weight is 332 g/mol. The van der Waals surface area contributed by atoms with E-state index in [2.05, 4.69) is 0 Å². The zero-order valence-corrected chi connectivity index (χ0v) is 13.8. The molecular formula is C17H24N4O3. The van der Waals surface area contributed by atoms with Crippen molar-refractivity contribution in [3.05, 3.63) is 34.4 Å². The number of nitrogens with zero attached hydrogens (tertiary/aromatic N) is 3. The smallest absolute Gasteiger partial charge is 0.292 e. The zero-order chi connectivity index (χ0) is 17.1. The molecule has 7 nitrogen and oxygen atoms in total. The van der Waals surface area contributed by atoms with Crippen LogP contribution in [0.5, 0.6) is 0 Å². The first-order valence-corrected chi connectivity index (χ1v) is 8.59. The predicted molar refractivity (Wildman–Crippen MR) is 91.8 cm³/mol. The molecule has 1 aromatic carbocycles. The lowest BCUT2D eigenvalue weighted by Gasteiger charge is -2.38. The number of carbonyl (C=O) groups is 1. The van der Waals surface area contributed by atoms with Gasteiger partial charge >= 0.3 is 0 Å². The van der Waals surface area contributed by atoms with Crippen molar-refractivity contribution < 1.29 is 9.72 Å². The molecule has 1 saturated carbocycles. The van der Waals surface area contributed by atoms with Crippen molar-refractivity contribution in [1.29, 1.82) is 0 Å². The lowest BCUT2D eigenvalue weighted by molar-refractivity contribution is -0.384. The van der Waals surface area contributed by atoms with E-state index in [0.29, 0.717) is 31.9 Å². The maximum Gasteiger partial charge on any atom is 0.292 e. The van der Waals surface area contributed by atoms with Gasteiger partial charge in [0.2, 0.25) is 5.91 Å². The SMILES string of the molecule is NC1CCCC(C(=O)N2CCN(c3ccccc3[N+](=O)[O-])CC2)C1. The Morgan fingerprint density at radius 1 is 1.17 bits per heavy atom. The number of nitro groups is 1. The van der Waals surface area contributed by atoms with Gasteiger partial charge in [0.15, 0.2) is 0 Å². The van der Waals surface area contributed by atoms with Crippen molar-refractivity contribution in [2.45, 2.75) is 31.7 Å². The third-order valence-corrected chi connectivity index (χ3v) is 5.07. The number of benzene rings is 1. The van der Waals surface area contributed by atoms with Gasteiger partial charge in [-0.2, -0.15) is 0 Å². The van der Waals surface area contributed by atoms with Crippen molar-refractivity contribution in [2.24, 2.45) is 11.7 Å². The van der Waals surface area contributed by atoms with Gasteiger partial charge in [-0.15, -0.1) is 0 Å². The molecule has 2 atom stereocenters. The van der Waals surface area contributed by atoms with Crippen molar-refractivity contribution in [3.63, 3.8) is 0 Å². The molecule has 0 bridgehead atoms. The van der Waals surface area contributed by atoms with Crippen molar-refractivity contribution >= 4 is 17.3 Å². The van der Waals surface area contributed by atoms with Crippen LogP contribution in [0.1, 0.15) is 25.7 Å². The molecule has 0 spiro atoms. The van der Waals surface area contributed by atoms with Crippen LogP contribution in [0.15, 0.2) is 24.3 Å². The number of nitrogens with two attached hydrogens (primary N) is 1. The Balaban J connectivity index is 1.62. The summed E-state index contributed by atoms with van der Waals surface area (Å²) >= 11 is 0. The summed E-state index contributed by atoms with van der Waals surface area (Å²) in [5.74, 6) is 0.249. The molecule has 2 aliphatic rings. The number of hydrogen-bond acceptors (Lipinski definition) is 5. The van der Waals surface area contributed by atoms with Gasteiger partial charge in [-0.1, -0.05) is 18.6 Å². The molecule has 2 N–H and O–H groups in total. The van der Waals surface area contributed by atoms with E-state index in [9.17, 15) is 14.9 Å². The molecule has 1 saturated heterocycles. The highest BCUT2D eigenvalue weighted by Crippen LogP contribution is 2.29. The normalized spacial score (nSPS) is 24.7. The Morgan fingerprint density at radius 3 is 2.54 bits per heavy atom. The van der Waals surface area contributed by atoms with Gasteiger partial charge in [-0.05, 0) is 25.3 Å². The zero-order valence-electron chi connectivity index (χ0n) is 13.8. The van der Waals surface area contributed by atoms with Crippen LogP contribution in [0, 0.1) is 16.0 Å². The van der Waals surface area contributed by atoms with Crippen LogP contribution >= 0.6 is 0 Å². The minimum absolute atomic E-state index is 0.0476. The Hall–Kier alpha value is -2.15. The Kier molecular flexibility index (Phi) is 4.99. The van der Waals surface area contributed by atoms with Gasteiger partial charge in [0.1, 0.15) is 5.69 Å². The molecule has 1 heterocycles. The highest BCUT2D eigenvalue weighted by molar-refractivity contribution is 5.79. The first-order valence-electron chi connectivity index (χ1n) is 8.59. The van der Waals surface area contributed by atoms with E-state index in [4.69, 9.17) is 5.73 Å². The first-order chi connectivity index (χ1) is 11.6. The van der Waals surface area contributed by atoms with Crippen molar-refractivity contribution in [3.8, 4) is 0 Å². The molecule has 7 heteroatoms. The van der Waals surface area contributed by atoms with E-state index in [1.165, 1.54) is 6.07 Å². The molecule has 1 aliphatic heterocycles. The minimum atomic E-state index is -0.351. The van der Waals surface area contributed by atoms with Gasteiger partial charge < -0.3 is 15.5 Å². The first kappa shape index (κ1) is 16.7. The quantitative estimate of drug-likeness (QED) is 0.672. The molecule has 1 amide bonds. The van der Waals surface area contributed by atoms with Crippen LogP contribution in [-0.4, -0.2) is 48.0 Å². The van der Waals surface area contributed by atoms with Crippen LogP contribution in [0.3, 0.4) is 0 Å². The highest BCUT2D eigenvalue weighted by Gasteiger charge is 2.31. The Bertz CT molecular complexity index is 614. The van der Waals surface area contributed by atoms with Crippen LogP contribution in [0.4, 0.5) is 11.4 Å². The summed E-state index contributed by atoms with van der Waals surface area (Å²) in [4.78, 5) is 27.4. The van der Waals surface area contributed by atoms with Crippen LogP contribution in [-0.2, 0) is 4.79 Å². The fraction of sp³-hybridized carbons (Fsp3) is 0.588. The fourth-order valence-electron chi connectivity index (χ4n) is 3.76. The summed E-state index contributed by atoms with van der Waals surface area (Å²) in [5.41, 5.74) is 6.75. The fourth-order valence-corrected chi connectivity index (χ4v) is 3.76. The summed E-state index contributed by atoms with van der Waals surface area (Å²) in [6, 6.07) is 6.92. The lowest BCUT2D eigenvalue weighted by atomic mass is 9.85. The second-order valence-corrected chi connectivity index (χ2v) is 6.68. The molecule has 1 aliphatic carbocycles. The molecule has 130 valence electrons. The topological polar surface area (TPSA) is 92.7 Å². The van der Waals surface area contributed by atoms with E-state index < -0.39 is 0 Å². The maximum atomic E-state index is 12.7. The van der Waals surface area contributed by atoms with E-state index in [1.807, 2.05) is 15.9 Å². The summed E-state index contributed by atoms with van der Waals surface area (Å²) in [7, 11) is 0. The number of amides is 1. The summed E-state index contributed by atoms with van der Waals surface area (Å²) in [6.45, 7) is 2.46. The molecular weight excluding hydrogens is 308 g/mol. The average Bonchev–Trinajstić information content (AvgIpc) is 2.61. The number of nitro benzene ring substituents is 1. The number of carbonyl (C=O) groups excluding carboxylic acids is 1. The number of piperazine rings is 1. The number of hydrogen-bond donors (Lipinski definition) is 1. The van der Waals surface area contributed by atoms with Crippen LogP contribution < -0.4 is 10.6 Å². The van der Waals surface area contributed by atoms with E-state index in [-0.39, 0.29) is 28.5 Å². The molecule has 1 aromatic rings. The Labute approximate surface area is 141 Å². The molecule has 3 rings (SSSR count). The summed E-state index contributed by atoms with van der Waals surface area (Å²) in [6.07, 6.45) is 3.74. The summed E-state index contributed by atoms with van der Waals surface area (Å²) in [5, 5.41) is 11.2. The van der Waals surface area contributed by atoms with Gasteiger partial charge in [0, 0.05) is 44.2 Å². The summed E-state index contributed by atoms with van der Waals surface area (Å²) < 4.78 is 0. The lowest BCUT2D eigenvalue weighted by Crippen LogP contribution is -2.51. The number of rotatable bonds is 3. The van der Waals surface area contributed by atoms with Crippen LogP contribution in [0.2, 0.25) is 0 Å². The predicted octanol–water partition coefficient (Wildman–Crippen LogP) is 1.76. The number of anilines is 1. The number of para-hydroxylation sites is 2. The van der Waals surface area contributed by atoms with Gasteiger partial charge in [-0.25, -0.2) is 0 Å². The second-order valence-electron chi connectivity index (χ2n) is 6.68. The second kappa shape index (κ2) is 7.17. The van der Waals surface area contributed by atoms with Gasteiger partial charge in [0.25, 0.3) is 5.69 Å². The monoisotopic (exact) mass is 332 g/mol. The van der Waals surface area contributed by atoms with E-state index >= 15 is 0 Å². The van der Waals surface area contributed by atoms with E-state index in [1.54, 1.807) is 12.1 Å². The van der Waals surface area contributed by atoms with E-state index in [0.717, 1.165) is 25.7 Å². The third-order valence-electron chi connectivity index (χ3n) is 5.07. The molecule has 0 radical (unpaired) electrons. The maximum absolute atomic E-state index is 12.7.